The van der Waals surface area contributed by atoms with Gasteiger partial charge in [-0.25, -0.2) is 0 Å². The molecule has 2 unspecified atom stereocenters. The van der Waals surface area contributed by atoms with E-state index in [4.69, 9.17) is 5.73 Å². The zero-order chi connectivity index (χ0) is 9.90. The molecule has 2 atom stereocenters. The van der Waals surface area contributed by atoms with E-state index in [9.17, 15) is 0 Å². The molecule has 0 aliphatic carbocycles. The van der Waals surface area contributed by atoms with E-state index in [0.29, 0.717) is 5.92 Å². The summed E-state index contributed by atoms with van der Waals surface area (Å²) in [4.78, 5) is 0. The fourth-order valence-electron chi connectivity index (χ4n) is 1.47. The van der Waals surface area contributed by atoms with E-state index in [0.717, 1.165) is 12.8 Å². The van der Waals surface area contributed by atoms with E-state index in [1.54, 1.807) is 11.3 Å². The van der Waals surface area contributed by atoms with Crippen molar-refractivity contribution in [1.82, 2.24) is 0 Å². The second kappa shape index (κ2) is 4.25. The van der Waals surface area contributed by atoms with Gasteiger partial charge in [-0.15, -0.1) is 0 Å². The summed E-state index contributed by atoms with van der Waals surface area (Å²) >= 11 is 1.74. The van der Waals surface area contributed by atoms with Crippen LogP contribution in [0.3, 0.4) is 0 Å². The second-order valence-corrected chi connectivity index (χ2v) is 4.90. The van der Waals surface area contributed by atoms with Crippen molar-refractivity contribution in [3.8, 4) is 0 Å². The number of nitrogens with two attached hydrogens (primary N) is 1. The molecule has 0 fully saturated rings. The van der Waals surface area contributed by atoms with E-state index in [2.05, 4.69) is 37.6 Å². The van der Waals surface area contributed by atoms with Crippen LogP contribution in [-0.4, -0.2) is 5.54 Å². The van der Waals surface area contributed by atoms with Crippen molar-refractivity contribution in [1.29, 1.82) is 0 Å². The van der Waals surface area contributed by atoms with Crippen molar-refractivity contribution < 1.29 is 0 Å². The van der Waals surface area contributed by atoms with Gasteiger partial charge >= 0.3 is 0 Å². The van der Waals surface area contributed by atoms with Crippen LogP contribution in [0.5, 0.6) is 0 Å². The second-order valence-electron chi connectivity index (χ2n) is 4.12. The largest absolute Gasteiger partial charge is 0.325 e. The molecule has 0 saturated heterocycles. The average Bonchev–Trinajstić information content (AvgIpc) is 2.54. The lowest BCUT2D eigenvalue weighted by Crippen LogP contribution is -2.44. The molecule has 0 spiro atoms. The van der Waals surface area contributed by atoms with E-state index < -0.39 is 0 Å². The molecule has 1 aromatic heterocycles. The van der Waals surface area contributed by atoms with Crippen LogP contribution in [0.4, 0.5) is 0 Å². The Hall–Kier alpha value is -0.340. The Labute approximate surface area is 85.0 Å². The maximum absolute atomic E-state index is 6.27. The van der Waals surface area contributed by atoms with E-state index in [-0.39, 0.29) is 5.54 Å². The third-order valence-corrected chi connectivity index (χ3v) is 3.64. The van der Waals surface area contributed by atoms with Gasteiger partial charge in [-0.1, -0.05) is 20.3 Å². The highest BCUT2D eigenvalue weighted by molar-refractivity contribution is 7.07. The van der Waals surface area contributed by atoms with Crippen LogP contribution in [0, 0.1) is 5.92 Å². The molecule has 0 bridgehead atoms. The molecular weight excluding hydrogens is 178 g/mol. The normalized spacial score (nSPS) is 18.2. The Bertz CT molecular complexity index is 239. The molecule has 1 aromatic rings. The first-order valence-corrected chi connectivity index (χ1v) is 5.80. The van der Waals surface area contributed by atoms with E-state index in [1.807, 2.05) is 0 Å². The standard InChI is InChI=1S/C11H19NS/c1-4-9(2)11(3,12)7-10-5-6-13-8-10/h5-6,8-9H,4,7,12H2,1-3H3. The van der Waals surface area contributed by atoms with Gasteiger partial charge in [0.25, 0.3) is 0 Å². The van der Waals surface area contributed by atoms with Gasteiger partial charge in [0.15, 0.2) is 0 Å². The predicted molar refractivity (Wildman–Crippen MR) is 60.1 cm³/mol. The minimum atomic E-state index is -0.0597. The maximum atomic E-state index is 6.27. The zero-order valence-corrected chi connectivity index (χ0v) is 9.53. The Kier molecular flexibility index (Phi) is 3.51. The summed E-state index contributed by atoms with van der Waals surface area (Å²) in [7, 11) is 0. The summed E-state index contributed by atoms with van der Waals surface area (Å²) in [5.41, 5.74) is 7.58. The quantitative estimate of drug-likeness (QED) is 0.789. The summed E-state index contributed by atoms with van der Waals surface area (Å²) < 4.78 is 0. The molecule has 2 heteroatoms. The van der Waals surface area contributed by atoms with Crippen LogP contribution in [0.2, 0.25) is 0 Å². The molecule has 1 rings (SSSR count). The Morgan fingerprint density at radius 3 is 2.77 bits per heavy atom. The fraction of sp³-hybridized carbons (Fsp3) is 0.636. The smallest absolute Gasteiger partial charge is 0.0192 e. The average molecular weight is 197 g/mol. The van der Waals surface area contributed by atoms with Crippen molar-refractivity contribution in [2.45, 2.75) is 39.2 Å². The summed E-state index contributed by atoms with van der Waals surface area (Å²) in [6.07, 6.45) is 2.14. The van der Waals surface area contributed by atoms with Gasteiger partial charge in [0, 0.05) is 5.54 Å². The molecule has 74 valence electrons. The van der Waals surface area contributed by atoms with Gasteiger partial charge in [0.05, 0.1) is 0 Å². The molecule has 0 aliphatic heterocycles. The zero-order valence-electron chi connectivity index (χ0n) is 8.71. The van der Waals surface area contributed by atoms with Crippen molar-refractivity contribution in [3.63, 3.8) is 0 Å². The SMILES string of the molecule is CCC(C)C(C)(N)Cc1ccsc1. The lowest BCUT2D eigenvalue weighted by Gasteiger charge is -2.30. The highest BCUT2D eigenvalue weighted by atomic mass is 32.1. The van der Waals surface area contributed by atoms with Gasteiger partial charge in [-0.2, -0.15) is 11.3 Å². The summed E-state index contributed by atoms with van der Waals surface area (Å²) in [5.74, 6) is 0.576. The Morgan fingerprint density at radius 2 is 2.31 bits per heavy atom. The van der Waals surface area contributed by atoms with Crippen LogP contribution in [0.25, 0.3) is 0 Å². The summed E-state index contributed by atoms with van der Waals surface area (Å²) in [6.45, 7) is 6.58. The van der Waals surface area contributed by atoms with Crippen LogP contribution in [-0.2, 0) is 6.42 Å². The molecule has 13 heavy (non-hydrogen) atoms. The van der Waals surface area contributed by atoms with Gasteiger partial charge in [-0.05, 0) is 41.7 Å². The lowest BCUT2D eigenvalue weighted by atomic mass is 9.82. The molecule has 1 nitrogen and oxygen atoms in total. The summed E-state index contributed by atoms with van der Waals surface area (Å²) in [5, 5.41) is 4.30. The molecule has 0 radical (unpaired) electrons. The van der Waals surface area contributed by atoms with Crippen LogP contribution in [0.15, 0.2) is 16.8 Å². The maximum Gasteiger partial charge on any atom is 0.0192 e. The lowest BCUT2D eigenvalue weighted by molar-refractivity contribution is 0.307. The topological polar surface area (TPSA) is 26.0 Å². The van der Waals surface area contributed by atoms with Gasteiger partial charge in [-0.3, -0.25) is 0 Å². The first kappa shape index (κ1) is 10.7. The van der Waals surface area contributed by atoms with Crippen molar-refractivity contribution in [3.05, 3.63) is 22.4 Å². The van der Waals surface area contributed by atoms with Crippen molar-refractivity contribution >= 4 is 11.3 Å². The number of hydrogen-bond acceptors (Lipinski definition) is 2. The van der Waals surface area contributed by atoms with Gasteiger partial charge in [0.1, 0.15) is 0 Å². The first-order chi connectivity index (χ1) is 6.06. The third kappa shape index (κ3) is 2.82. The molecule has 0 aromatic carbocycles. The van der Waals surface area contributed by atoms with E-state index >= 15 is 0 Å². The monoisotopic (exact) mass is 197 g/mol. The third-order valence-electron chi connectivity index (χ3n) is 2.90. The summed E-state index contributed by atoms with van der Waals surface area (Å²) in [6, 6.07) is 2.16. The highest BCUT2D eigenvalue weighted by Gasteiger charge is 2.25. The van der Waals surface area contributed by atoms with Gasteiger partial charge < -0.3 is 5.73 Å². The van der Waals surface area contributed by atoms with Crippen LogP contribution < -0.4 is 5.73 Å². The molecule has 0 amide bonds. The number of thiophene rings is 1. The fourth-order valence-corrected chi connectivity index (χ4v) is 2.14. The molecular formula is C11H19NS. The molecule has 0 aliphatic rings. The van der Waals surface area contributed by atoms with E-state index in [1.165, 1.54) is 5.56 Å². The Morgan fingerprint density at radius 1 is 1.62 bits per heavy atom. The number of rotatable bonds is 4. The van der Waals surface area contributed by atoms with Crippen molar-refractivity contribution in [2.75, 3.05) is 0 Å². The molecule has 2 N–H and O–H groups in total. The Balaban J connectivity index is 2.61. The molecule has 0 saturated carbocycles. The van der Waals surface area contributed by atoms with Gasteiger partial charge in [0.2, 0.25) is 0 Å². The highest BCUT2D eigenvalue weighted by Crippen LogP contribution is 2.23. The minimum Gasteiger partial charge on any atom is -0.325 e. The van der Waals surface area contributed by atoms with Crippen LogP contribution >= 0.6 is 11.3 Å². The number of hydrogen-bond donors (Lipinski definition) is 1. The minimum absolute atomic E-state index is 0.0597. The van der Waals surface area contributed by atoms with Crippen molar-refractivity contribution in [2.24, 2.45) is 11.7 Å². The predicted octanol–water partition coefficient (Wildman–Crippen LogP) is 3.05. The van der Waals surface area contributed by atoms with Crippen LogP contribution in [0.1, 0.15) is 32.8 Å². The first-order valence-electron chi connectivity index (χ1n) is 4.86. The molecule has 1 heterocycles.